The minimum absolute atomic E-state index is 0.0303. The number of carbonyl (C=O) groups is 3. The standard InChI is InChI=1S/C26H41ClN2O4Si/c1-18(2)16-21(25(32)28-33-34(6,7)26(3,4)5)17-23(30)29-14-12-20(13-15-29)24(31)19-8-10-22(27)11-9-19/h8-11,18,20-21H,12-17H2,1-7H3,(H,28,32). The highest BCUT2D eigenvalue weighted by atomic mass is 35.5. The van der Waals surface area contributed by atoms with E-state index in [4.69, 9.17) is 16.1 Å². The van der Waals surface area contributed by atoms with Crippen LogP contribution in [0.5, 0.6) is 0 Å². The molecule has 0 bridgehead atoms. The van der Waals surface area contributed by atoms with Gasteiger partial charge in [0.05, 0.1) is 0 Å². The van der Waals surface area contributed by atoms with Gasteiger partial charge in [0.25, 0.3) is 0 Å². The van der Waals surface area contributed by atoms with Crippen LogP contribution in [-0.4, -0.2) is 43.9 Å². The van der Waals surface area contributed by atoms with E-state index < -0.39 is 14.2 Å². The van der Waals surface area contributed by atoms with Gasteiger partial charge in [-0.2, -0.15) is 0 Å². The van der Waals surface area contributed by atoms with E-state index >= 15 is 0 Å². The summed E-state index contributed by atoms with van der Waals surface area (Å²) in [6.07, 6.45) is 2.02. The molecule has 1 aliphatic heterocycles. The molecule has 1 atom stereocenters. The molecule has 1 heterocycles. The van der Waals surface area contributed by atoms with Crippen molar-refractivity contribution in [1.29, 1.82) is 0 Å². The summed E-state index contributed by atoms with van der Waals surface area (Å²) in [5.74, 6) is -0.420. The lowest BCUT2D eigenvalue weighted by Crippen LogP contribution is -2.48. The SMILES string of the molecule is CC(C)CC(CC(=O)N1CCC(C(=O)c2ccc(Cl)cc2)CC1)C(=O)NO[Si](C)(C)C(C)(C)C. The second-order valence-electron chi connectivity index (χ2n) is 11.4. The molecule has 6 nitrogen and oxygen atoms in total. The lowest BCUT2D eigenvalue weighted by Gasteiger charge is -2.36. The summed E-state index contributed by atoms with van der Waals surface area (Å²) >= 11 is 5.92. The van der Waals surface area contributed by atoms with Crippen molar-refractivity contribution in [2.75, 3.05) is 13.1 Å². The van der Waals surface area contributed by atoms with Gasteiger partial charge in [-0.05, 0) is 67.6 Å². The van der Waals surface area contributed by atoms with E-state index in [-0.39, 0.29) is 40.9 Å². The second kappa shape index (κ2) is 11.8. The van der Waals surface area contributed by atoms with Crippen LogP contribution in [0.3, 0.4) is 0 Å². The molecule has 1 saturated heterocycles. The van der Waals surface area contributed by atoms with Gasteiger partial charge in [-0.15, -0.1) is 0 Å². The normalized spacial score (nSPS) is 16.4. The van der Waals surface area contributed by atoms with Crippen molar-refractivity contribution in [2.45, 2.75) is 78.4 Å². The number of hydrogen-bond donors (Lipinski definition) is 1. The number of hydroxylamine groups is 1. The van der Waals surface area contributed by atoms with Crippen molar-refractivity contribution in [3.8, 4) is 0 Å². The fraction of sp³-hybridized carbons (Fsp3) is 0.654. The van der Waals surface area contributed by atoms with E-state index in [1.54, 1.807) is 29.2 Å². The first-order valence-electron chi connectivity index (χ1n) is 12.3. The minimum Gasteiger partial charge on any atom is -0.343 e. The maximum Gasteiger partial charge on any atom is 0.246 e. The van der Waals surface area contributed by atoms with Gasteiger partial charge < -0.3 is 9.43 Å². The third-order valence-electron chi connectivity index (χ3n) is 7.11. The van der Waals surface area contributed by atoms with Crippen LogP contribution in [0.2, 0.25) is 23.2 Å². The van der Waals surface area contributed by atoms with Crippen molar-refractivity contribution >= 4 is 37.5 Å². The van der Waals surface area contributed by atoms with Gasteiger partial charge in [0.15, 0.2) is 5.78 Å². The lowest BCUT2D eigenvalue weighted by molar-refractivity contribution is -0.140. The van der Waals surface area contributed by atoms with Crippen LogP contribution >= 0.6 is 11.6 Å². The number of carbonyl (C=O) groups excluding carboxylic acids is 3. The third-order valence-corrected chi connectivity index (χ3v) is 11.6. The Morgan fingerprint density at radius 2 is 1.68 bits per heavy atom. The molecule has 1 fully saturated rings. The van der Waals surface area contributed by atoms with E-state index in [1.165, 1.54) is 0 Å². The highest BCUT2D eigenvalue weighted by molar-refractivity contribution is 6.74. The summed E-state index contributed by atoms with van der Waals surface area (Å²) in [4.78, 5) is 40.6. The van der Waals surface area contributed by atoms with Crippen LogP contribution in [-0.2, 0) is 14.1 Å². The molecule has 0 spiro atoms. The number of ketones is 1. The maximum atomic E-state index is 13.1. The van der Waals surface area contributed by atoms with Gasteiger partial charge in [0, 0.05) is 41.9 Å². The number of likely N-dealkylation sites (tertiary alicyclic amines) is 1. The first kappa shape index (κ1) is 28.5. The quantitative estimate of drug-likeness (QED) is 0.257. The summed E-state index contributed by atoms with van der Waals surface area (Å²) in [5, 5.41) is 0.573. The van der Waals surface area contributed by atoms with Crippen LogP contribution in [0, 0.1) is 17.8 Å². The summed E-state index contributed by atoms with van der Waals surface area (Å²) < 4.78 is 5.90. The second-order valence-corrected chi connectivity index (χ2v) is 16.5. The summed E-state index contributed by atoms with van der Waals surface area (Å²) in [5.41, 5.74) is 3.34. The van der Waals surface area contributed by atoms with Crippen LogP contribution in [0.4, 0.5) is 0 Å². The number of nitrogens with one attached hydrogen (secondary N) is 1. The van der Waals surface area contributed by atoms with Gasteiger partial charge >= 0.3 is 0 Å². The highest BCUT2D eigenvalue weighted by Gasteiger charge is 2.39. The van der Waals surface area contributed by atoms with Gasteiger partial charge in [0.2, 0.25) is 20.1 Å². The number of Topliss-reactive ketones (excluding diaryl/α,β-unsaturated/α-hetero) is 1. The molecule has 190 valence electrons. The molecule has 1 aromatic carbocycles. The van der Waals surface area contributed by atoms with Crippen molar-refractivity contribution in [1.82, 2.24) is 10.4 Å². The topological polar surface area (TPSA) is 75.7 Å². The van der Waals surface area contributed by atoms with Gasteiger partial charge in [0.1, 0.15) is 0 Å². The molecule has 0 saturated carbocycles. The molecular formula is C26H41ClN2O4Si. The highest BCUT2D eigenvalue weighted by Crippen LogP contribution is 2.36. The molecule has 34 heavy (non-hydrogen) atoms. The molecule has 0 radical (unpaired) electrons. The van der Waals surface area contributed by atoms with E-state index in [9.17, 15) is 14.4 Å². The Balaban J connectivity index is 1.93. The monoisotopic (exact) mass is 508 g/mol. The lowest BCUT2D eigenvalue weighted by atomic mass is 9.88. The van der Waals surface area contributed by atoms with Crippen LogP contribution < -0.4 is 5.48 Å². The average Bonchev–Trinajstić information content (AvgIpc) is 2.76. The number of piperidine rings is 1. The Morgan fingerprint density at radius 3 is 2.18 bits per heavy atom. The predicted octanol–water partition coefficient (Wildman–Crippen LogP) is 5.87. The zero-order valence-electron chi connectivity index (χ0n) is 21.7. The van der Waals surface area contributed by atoms with E-state index in [0.717, 1.165) is 0 Å². The zero-order valence-corrected chi connectivity index (χ0v) is 23.5. The Bertz CT molecular complexity index is 857. The molecule has 1 aromatic rings. The Morgan fingerprint density at radius 1 is 1.12 bits per heavy atom. The third kappa shape index (κ3) is 7.92. The predicted molar refractivity (Wildman–Crippen MR) is 139 cm³/mol. The fourth-order valence-corrected chi connectivity index (χ4v) is 4.64. The van der Waals surface area contributed by atoms with E-state index in [1.807, 2.05) is 13.8 Å². The van der Waals surface area contributed by atoms with E-state index in [0.29, 0.717) is 42.9 Å². The Labute approximate surface area is 210 Å². The van der Waals surface area contributed by atoms with Gasteiger partial charge in [-0.1, -0.05) is 46.2 Å². The fourth-order valence-electron chi connectivity index (χ4n) is 3.85. The molecule has 8 heteroatoms. The molecule has 0 aromatic heterocycles. The molecule has 0 aliphatic carbocycles. The minimum atomic E-state index is -2.14. The van der Waals surface area contributed by atoms with Crippen LogP contribution in [0.25, 0.3) is 0 Å². The smallest absolute Gasteiger partial charge is 0.246 e. The first-order valence-corrected chi connectivity index (χ1v) is 15.6. The van der Waals surface area contributed by atoms with Crippen LogP contribution in [0.15, 0.2) is 24.3 Å². The van der Waals surface area contributed by atoms with Crippen LogP contribution in [0.1, 0.15) is 70.7 Å². The van der Waals surface area contributed by atoms with Gasteiger partial charge in [-0.3, -0.25) is 14.4 Å². The Kier molecular flexibility index (Phi) is 9.92. The van der Waals surface area contributed by atoms with E-state index in [2.05, 4.69) is 39.3 Å². The summed E-state index contributed by atoms with van der Waals surface area (Å²) in [7, 11) is -2.14. The number of amides is 2. The molecule has 2 amide bonds. The first-order chi connectivity index (χ1) is 15.7. The summed E-state index contributed by atoms with van der Waals surface area (Å²) in [6.45, 7) is 15.6. The molecule has 1 aliphatic rings. The summed E-state index contributed by atoms with van der Waals surface area (Å²) in [6, 6.07) is 6.96. The van der Waals surface area contributed by atoms with Crippen molar-refractivity contribution in [2.24, 2.45) is 17.8 Å². The number of benzene rings is 1. The average molecular weight is 509 g/mol. The van der Waals surface area contributed by atoms with Crippen molar-refractivity contribution in [3.63, 3.8) is 0 Å². The Hall–Kier alpha value is -1.70. The number of rotatable bonds is 9. The molecule has 1 N–H and O–H groups in total. The molecule has 1 unspecified atom stereocenters. The number of nitrogens with zero attached hydrogens (tertiary/aromatic N) is 1. The largest absolute Gasteiger partial charge is 0.343 e. The molecular weight excluding hydrogens is 468 g/mol. The number of halogens is 1. The zero-order chi connectivity index (χ0) is 25.7. The molecule has 2 rings (SSSR count). The van der Waals surface area contributed by atoms with Gasteiger partial charge in [-0.25, -0.2) is 5.48 Å². The van der Waals surface area contributed by atoms with Crippen molar-refractivity contribution in [3.05, 3.63) is 34.9 Å². The maximum absolute atomic E-state index is 13.1. The number of hydrogen-bond acceptors (Lipinski definition) is 4. The van der Waals surface area contributed by atoms with Crippen molar-refractivity contribution < 1.29 is 18.9 Å².